The Bertz CT molecular complexity index is 866. The molecule has 0 aliphatic carbocycles. The van der Waals surface area contributed by atoms with Crippen LogP contribution in [0.5, 0.6) is 0 Å². The SMILES string of the molecule is CC(C=NC(Cc1ccccc1)C(=O)N(C)C(C)(C)C(C)C)Cc1ccc(C(C)C)cc1. The zero-order valence-corrected chi connectivity index (χ0v) is 21.3. The molecule has 0 aliphatic heterocycles. The average molecular weight is 435 g/mol. The molecule has 174 valence electrons. The zero-order chi connectivity index (χ0) is 23.9. The maximum atomic E-state index is 13.5. The van der Waals surface area contributed by atoms with Crippen molar-refractivity contribution in [1.29, 1.82) is 0 Å². The van der Waals surface area contributed by atoms with E-state index >= 15 is 0 Å². The molecule has 2 rings (SSSR count). The van der Waals surface area contributed by atoms with Crippen molar-refractivity contribution in [2.75, 3.05) is 7.05 Å². The van der Waals surface area contributed by atoms with E-state index in [4.69, 9.17) is 4.99 Å². The molecule has 0 fully saturated rings. The van der Waals surface area contributed by atoms with E-state index < -0.39 is 6.04 Å². The molecule has 0 N–H and O–H groups in total. The molecular weight excluding hydrogens is 392 g/mol. The van der Waals surface area contributed by atoms with E-state index in [1.807, 2.05) is 36.4 Å². The summed E-state index contributed by atoms with van der Waals surface area (Å²) >= 11 is 0. The minimum Gasteiger partial charge on any atom is -0.339 e. The number of rotatable bonds is 10. The minimum atomic E-state index is -0.411. The molecule has 2 aromatic carbocycles. The Balaban J connectivity index is 2.17. The Kier molecular flexibility index (Phi) is 9.24. The van der Waals surface area contributed by atoms with Crippen molar-refractivity contribution < 1.29 is 4.79 Å². The lowest BCUT2D eigenvalue weighted by atomic mass is 9.88. The first kappa shape index (κ1) is 25.8. The number of benzene rings is 2. The summed E-state index contributed by atoms with van der Waals surface area (Å²) in [6.45, 7) is 15.2. The van der Waals surface area contributed by atoms with E-state index in [-0.39, 0.29) is 17.4 Å². The number of likely N-dealkylation sites (N-methyl/N-ethyl adjacent to an activating group) is 1. The maximum absolute atomic E-state index is 13.5. The number of hydrogen-bond acceptors (Lipinski definition) is 2. The minimum absolute atomic E-state index is 0.0808. The number of carbonyl (C=O) groups is 1. The number of carbonyl (C=O) groups excluding carboxylic acids is 1. The van der Waals surface area contributed by atoms with Gasteiger partial charge in [0.05, 0.1) is 0 Å². The van der Waals surface area contributed by atoms with E-state index in [9.17, 15) is 4.79 Å². The molecule has 0 aliphatic rings. The monoisotopic (exact) mass is 434 g/mol. The second-order valence-corrected chi connectivity index (χ2v) is 10.3. The van der Waals surface area contributed by atoms with E-state index in [0.717, 1.165) is 12.0 Å². The largest absolute Gasteiger partial charge is 0.339 e. The zero-order valence-electron chi connectivity index (χ0n) is 21.3. The van der Waals surface area contributed by atoms with Gasteiger partial charge in [0, 0.05) is 25.2 Å². The fourth-order valence-corrected chi connectivity index (χ4v) is 3.65. The molecule has 0 saturated heterocycles. The highest BCUT2D eigenvalue weighted by molar-refractivity contribution is 5.84. The molecule has 2 atom stereocenters. The van der Waals surface area contributed by atoms with Crippen molar-refractivity contribution in [3.05, 3.63) is 71.3 Å². The van der Waals surface area contributed by atoms with Crippen LogP contribution >= 0.6 is 0 Å². The normalized spacial score (nSPS) is 14.2. The topological polar surface area (TPSA) is 32.7 Å². The molecule has 2 unspecified atom stereocenters. The van der Waals surface area contributed by atoms with Crippen LogP contribution in [0.2, 0.25) is 0 Å². The molecule has 0 saturated carbocycles. The summed E-state index contributed by atoms with van der Waals surface area (Å²) in [6, 6.07) is 18.6. The maximum Gasteiger partial charge on any atom is 0.247 e. The fraction of sp³-hybridized carbons (Fsp3) is 0.517. The summed E-state index contributed by atoms with van der Waals surface area (Å²) < 4.78 is 0. The second kappa shape index (κ2) is 11.4. The predicted octanol–water partition coefficient (Wildman–Crippen LogP) is 6.56. The van der Waals surface area contributed by atoms with Gasteiger partial charge in [0.15, 0.2) is 0 Å². The van der Waals surface area contributed by atoms with Crippen LogP contribution in [0.1, 0.15) is 71.1 Å². The summed E-state index contributed by atoms with van der Waals surface area (Å²) in [6.07, 6.45) is 3.52. The molecule has 32 heavy (non-hydrogen) atoms. The van der Waals surface area contributed by atoms with Gasteiger partial charge in [-0.3, -0.25) is 9.79 Å². The van der Waals surface area contributed by atoms with Gasteiger partial charge >= 0.3 is 0 Å². The van der Waals surface area contributed by atoms with Crippen molar-refractivity contribution in [2.45, 2.75) is 78.8 Å². The average Bonchev–Trinajstić information content (AvgIpc) is 2.76. The van der Waals surface area contributed by atoms with Gasteiger partial charge in [-0.15, -0.1) is 0 Å². The Morgan fingerprint density at radius 2 is 1.47 bits per heavy atom. The second-order valence-electron chi connectivity index (χ2n) is 10.3. The van der Waals surface area contributed by atoms with E-state index in [2.05, 4.69) is 84.9 Å². The van der Waals surface area contributed by atoms with Gasteiger partial charge in [-0.25, -0.2) is 0 Å². The summed E-state index contributed by atoms with van der Waals surface area (Å²) in [5.41, 5.74) is 3.57. The van der Waals surface area contributed by atoms with Crippen LogP contribution in [0, 0.1) is 11.8 Å². The van der Waals surface area contributed by atoms with Crippen LogP contribution in [-0.2, 0) is 17.6 Å². The molecule has 2 aromatic rings. The van der Waals surface area contributed by atoms with Gasteiger partial charge in [0.2, 0.25) is 5.91 Å². The molecule has 0 aromatic heterocycles. The number of aliphatic imine (C=N–C) groups is 1. The van der Waals surface area contributed by atoms with Crippen LogP contribution < -0.4 is 0 Å². The fourth-order valence-electron chi connectivity index (χ4n) is 3.65. The van der Waals surface area contributed by atoms with Crippen LogP contribution in [0.25, 0.3) is 0 Å². The smallest absolute Gasteiger partial charge is 0.247 e. The van der Waals surface area contributed by atoms with Crippen molar-refractivity contribution in [2.24, 2.45) is 16.8 Å². The first-order chi connectivity index (χ1) is 15.0. The molecule has 1 amide bonds. The molecule has 3 heteroatoms. The van der Waals surface area contributed by atoms with Gasteiger partial charge < -0.3 is 4.90 Å². The summed E-state index contributed by atoms with van der Waals surface area (Å²) in [4.78, 5) is 20.2. The first-order valence-electron chi connectivity index (χ1n) is 12.0. The predicted molar refractivity (Wildman–Crippen MR) is 138 cm³/mol. The molecule has 0 bridgehead atoms. The van der Waals surface area contributed by atoms with Gasteiger partial charge in [-0.1, -0.05) is 89.2 Å². The van der Waals surface area contributed by atoms with Crippen molar-refractivity contribution >= 4 is 12.1 Å². The third-order valence-electron chi connectivity index (χ3n) is 6.89. The standard InChI is InChI=1S/C29H42N2O/c1-21(2)26-16-14-25(15-17-26)18-23(5)20-30-27(19-24-12-10-9-11-13-24)28(32)31(8)29(6,7)22(3)4/h9-17,20-23,27H,18-19H2,1-8H3. The molecule has 0 spiro atoms. The Hall–Kier alpha value is -2.42. The van der Waals surface area contributed by atoms with Gasteiger partial charge in [0.1, 0.15) is 6.04 Å². The Morgan fingerprint density at radius 1 is 0.906 bits per heavy atom. The summed E-state index contributed by atoms with van der Waals surface area (Å²) in [5, 5.41) is 0. The number of hydrogen-bond donors (Lipinski definition) is 0. The van der Waals surface area contributed by atoms with Crippen LogP contribution in [0.3, 0.4) is 0 Å². The molecular formula is C29H42N2O. The number of nitrogens with zero attached hydrogens (tertiary/aromatic N) is 2. The highest BCUT2D eigenvalue weighted by atomic mass is 16.2. The van der Waals surface area contributed by atoms with Gasteiger partial charge in [0.25, 0.3) is 0 Å². The van der Waals surface area contributed by atoms with E-state index in [0.29, 0.717) is 18.3 Å². The quantitative estimate of drug-likeness (QED) is 0.390. The van der Waals surface area contributed by atoms with Crippen LogP contribution in [0.4, 0.5) is 0 Å². The lowest BCUT2D eigenvalue weighted by Gasteiger charge is -2.40. The van der Waals surface area contributed by atoms with Crippen molar-refractivity contribution in [3.8, 4) is 0 Å². The van der Waals surface area contributed by atoms with E-state index in [1.54, 1.807) is 0 Å². The van der Waals surface area contributed by atoms with Gasteiger partial charge in [-0.05, 0) is 54.7 Å². The lowest BCUT2D eigenvalue weighted by molar-refractivity contribution is -0.137. The highest BCUT2D eigenvalue weighted by Gasteiger charge is 2.34. The van der Waals surface area contributed by atoms with Crippen LogP contribution in [-0.4, -0.2) is 35.7 Å². The third kappa shape index (κ3) is 7.05. The van der Waals surface area contributed by atoms with Crippen molar-refractivity contribution in [1.82, 2.24) is 4.90 Å². The third-order valence-corrected chi connectivity index (χ3v) is 6.89. The lowest BCUT2D eigenvalue weighted by Crippen LogP contribution is -2.52. The summed E-state index contributed by atoms with van der Waals surface area (Å²) in [5.74, 6) is 1.23. The van der Waals surface area contributed by atoms with Crippen LogP contribution in [0.15, 0.2) is 59.6 Å². The highest BCUT2D eigenvalue weighted by Crippen LogP contribution is 2.24. The molecule has 3 nitrogen and oxygen atoms in total. The van der Waals surface area contributed by atoms with Crippen molar-refractivity contribution in [3.63, 3.8) is 0 Å². The molecule has 0 radical (unpaired) electrons. The Labute approximate surface area is 196 Å². The summed E-state index contributed by atoms with van der Waals surface area (Å²) in [7, 11) is 1.91. The Morgan fingerprint density at radius 3 is 2.00 bits per heavy atom. The molecule has 0 heterocycles. The van der Waals surface area contributed by atoms with E-state index in [1.165, 1.54) is 11.1 Å². The van der Waals surface area contributed by atoms with Gasteiger partial charge in [-0.2, -0.15) is 0 Å². The number of amides is 1. The first-order valence-corrected chi connectivity index (χ1v) is 12.0.